The van der Waals surface area contributed by atoms with Gasteiger partial charge in [-0.3, -0.25) is 14.4 Å². The van der Waals surface area contributed by atoms with Gasteiger partial charge in [0.2, 0.25) is 11.8 Å². The van der Waals surface area contributed by atoms with Crippen molar-refractivity contribution >= 4 is 17.6 Å². The summed E-state index contributed by atoms with van der Waals surface area (Å²) in [5.74, 6) is -0.475. The average molecular weight is 369 g/mol. The van der Waals surface area contributed by atoms with E-state index < -0.39 is 6.04 Å². The second-order valence-corrected chi connectivity index (χ2v) is 7.55. The maximum absolute atomic E-state index is 12.6. The number of nitrogens with one attached hydrogen (secondary N) is 2. The summed E-state index contributed by atoms with van der Waals surface area (Å²) in [6.07, 6.45) is 6.66. The molecule has 0 aliphatic heterocycles. The third-order valence-corrected chi connectivity index (χ3v) is 5.16. The molecule has 0 radical (unpaired) electrons. The minimum Gasteiger partial charge on any atom is -0.347 e. The second kappa shape index (κ2) is 12.0. The molecule has 6 N–H and O–H groups in total. The third-order valence-electron chi connectivity index (χ3n) is 5.16. The number of carbonyl (C=O) groups is 3. The first-order chi connectivity index (χ1) is 12.4. The maximum atomic E-state index is 12.6. The highest BCUT2D eigenvalue weighted by molar-refractivity contribution is 5.92. The molecule has 2 amide bonds. The first-order valence-electron chi connectivity index (χ1n) is 9.91. The Morgan fingerprint density at radius 2 is 1.62 bits per heavy atom. The first-order valence-corrected chi connectivity index (χ1v) is 9.91. The molecule has 0 bridgehead atoms. The Balaban J connectivity index is 2.54. The van der Waals surface area contributed by atoms with E-state index >= 15 is 0 Å². The molecule has 0 aromatic heterocycles. The topological polar surface area (TPSA) is 127 Å². The second-order valence-electron chi connectivity index (χ2n) is 7.55. The van der Waals surface area contributed by atoms with Gasteiger partial charge in [0, 0.05) is 11.8 Å². The fourth-order valence-corrected chi connectivity index (χ4v) is 3.70. The van der Waals surface area contributed by atoms with E-state index in [4.69, 9.17) is 11.5 Å². The Labute approximate surface area is 157 Å². The molecule has 0 aromatic rings. The molecule has 1 fully saturated rings. The molecule has 1 aliphatic carbocycles. The van der Waals surface area contributed by atoms with Crippen LogP contribution in [-0.4, -0.2) is 43.3 Å². The molecule has 0 aromatic carbocycles. The van der Waals surface area contributed by atoms with Crippen molar-refractivity contribution in [3.63, 3.8) is 0 Å². The highest BCUT2D eigenvalue weighted by atomic mass is 16.2. The lowest BCUT2D eigenvalue weighted by Gasteiger charge is -2.29. The van der Waals surface area contributed by atoms with Crippen molar-refractivity contribution < 1.29 is 14.4 Å². The van der Waals surface area contributed by atoms with Crippen LogP contribution in [0, 0.1) is 17.8 Å². The largest absolute Gasteiger partial charge is 0.347 e. The lowest BCUT2D eigenvalue weighted by Crippen LogP contribution is -2.48. The Hall–Kier alpha value is -1.47. The van der Waals surface area contributed by atoms with Gasteiger partial charge in [0.05, 0.1) is 12.6 Å². The highest BCUT2D eigenvalue weighted by Crippen LogP contribution is 2.31. The van der Waals surface area contributed by atoms with E-state index in [1.165, 1.54) is 6.42 Å². The molecule has 1 rings (SSSR count). The number of hydrogen-bond acceptors (Lipinski definition) is 5. The van der Waals surface area contributed by atoms with Gasteiger partial charge in [0.25, 0.3) is 0 Å². The Bertz CT molecular complexity index is 462. The zero-order valence-electron chi connectivity index (χ0n) is 16.3. The van der Waals surface area contributed by atoms with Gasteiger partial charge in [-0.2, -0.15) is 0 Å². The van der Waals surface area contributed by atoms with E-state index in [-0.39, 0.29) is 36.0 Å². The molecule has 150 valence electrons. The third kappa shape index (κ3) is 7.41. The summed E-state index contributed by atoms with van der Waals surface area (Å²) >= 11 is 0. The summed E-state index contributed by atoms with van der Waals surface area (Å²) in [4.78, 5) is 36.9. The molecule has 26 heavy (non-hydrogen) atoms. The van der Waals surface area contributed by atoms with Crippen molar-refractivity contribution in [2.75, 3.05) is 19.6 Å². The van der Waals surface area contributed by atoms with E-state index in [1.807, 2.05) is 0 Å². The standard InChI is InChI=1S/C19H36N4O3/c1-13(2)18(25)16(9-11-21)23-17(24)12-22-19(26)15(8-10-20)14-6-4-3-5-7-14/h13-16H,3-12,20-21H2,1-2H3,(H,22,26)(H,23,24). The molecule has 0 heterocycles. The lowest BCUT2D eigenvalue weighted by molar-refractivity contribution is -0.132. The van der Waals surface area contributed by atoms with Crippen LogP contribution in [0.1, 0.15) is 58.8 Å². The van der Waals surface area contributed by atoms with Gasteiger partial charge in [0.1, 0.15) is 0 Å². The van der Waals surface area contributed by atoms with E-state index in [9.17, 15) is 14.4 Å². The molecule has 1 saturated carbocycles. The number of carbonyl (C=O) groups excluding carboxylic acids is 3. The molecular formula is C19H36N4O3. The predicted octanol–water partition coefficient (Wildman–Crippen LogP) is 0.707. The number of amides is 2. The minimum atomic E-state index is -0.595. The van der Waals surface area contributed by atoms with Crippen molar-refractivity contribution in [1.29, 1.82) is 0 Å². The summed E-state index contributed by atoms with van der Waals surface area (Å²) in [5, 5.41) is 5.43. The van der Waals surface area contributed by atoms with Gasteiger partial charge < -0.3 is 22.1 Å². The fraction of sp³-hybridized carbons (Fsp3) is 0.842. The van der Waals surface area contributed by atoms with Crippen LogP contribution in [0.25, 0.3) is 0 Å². The predicted molar refractivity (Wildman–Crippen MR) is 102 cm³/mol. The van der Waals surface area contributed by atoms with Crippen molar-refractivity contribution in [2.45, 2.75) is 64.8 Å². The van der Waals surface area contributed by atoms with Gasteiger partial charge in [-0.15, -0.1) is 0 Å². The quantitative estimate of drug-likeness (QED) is 0.427. The summed E-state index contributed by atoms with van der Waals surface area (Å²) < 4.78 is 0. The maximum Gasteiger partial charge on any atom is 0.239 e. The van der Waals surface area contributed by atoms with Crippen molar-refractivity contribution in [2.24, 2.45) is 29.2 Å². The van der Waals surface area contributed by atoms with Crippen LogP contribution in [0.2, 0.25) is 0 Å². The number of hydrogen-bond donors (Lipinski definition) is 4. The smallest absolute Gasteiger partial charge is 0.239 e. The molecule has 0 spiro atoms. The fourth-order valence-electron chi connectivity index (χ4n) is 3.70. The molecule has 2 unspecified atom stereocenters. The van der Waals surface area contributed by atoms with Crippen molar-refractivity contribution in [1.82, 2.24) is 10.6 Å². The first kappa shape index (κ1) is 22.6. The molecular weight excluding hydrogens is 332 g/mol. The minimum absolute atomic E-state index is 0.0432. The summed E-state index contributed by atoms with van der Waals surface area (Å²) in [7, 11) is 0. The number of rotatable bonds is 11. The molecule has 2 atom stereocenters. The van der Waals surface area contributed by atoms with Gasteiger partial charge in [-0.25, -0.2) is 0 Å². The molecule has 1 aliphatic rings. The average Bonchev–Trinajstić information content (AvgIpc) is 2.63. The van der Waals surface area contributed by atoms with Crippen molar-refractivity contribution in [3.05, 3.63) is 0 Å². The van der Waals surface area contributed by atoms with Crippen LogP contribution >= 0.6 is 0 Å². The van der Waals surface area contributed by atoms with E-state index in [0.717, 1.165) is 25.7 Å². The number of nitrogens with two attached hydrogens (primary N) is 2. The highest BCUT2D eigenvalue weighted by Gasteiger charge is 2.29. The zero-order chi connectivity index (χ0) is 19.5. The summed E-state index contributed by atoms with van der Waals surface area (Å²) in [6, 6.07) is -0.595. The van der Waals surface area contributed by atoms with Gasteiger partial charge >= 0.3 is 0 Å². The number of Topliss-reactive ketones (excluding diaryl/α,β-unsaturated/α-hetero) is 1. The normalized spacial score (nSPS) is 17.6. The van der Waals surface area contributed by atoms with Gasteiger partial charge in [-0.1, -0.05) is 33.1 Å². The summed E-state index contributed by atoms with van der Waals surface area (Å²) in [5.41, 5.74) is 11.2. The van der Waals surface area contributed by atoms with Crippen LogP contribution in [-0.2, 0) is 14.4 Å². The Morgan fingerprint density at radius 1 is 1.00 bits per heavy atom. The van der Waals surface area contributed by atoms with Crippen LogP contribution in [0.4, 0.5) is 0 Å². The van der Waals surface area contributed by atoms with Gasteiger partial charge in [-0.05, 0) is 44.7 Å². The zero-order valence-corrected chi connectivity index (χ0v) is 16.3. The Morgan fingerprint density at radius 3 is 2.15 bits per heavy atom. The SMILES string of the molecule is CC(C)C(=O)C(CCN)NC(=O)CNC(=O)C(CCN)C1CCCCC1. The molecule has 0 saturated heterocycles. The van der Waals surface area contributed by atoms with E-state index in [0.29, 0.717) is 31.8 Å². The molecule has 7 heteroatoms. The van der Waals surface area contributed by atoms with Crippen LogP contribution in [0.5, 0.6) is 0 Å². The number of ketones is 1. The van der Waals surface area contributed by atoms with Crippen molar-refractivity contribution in [3.8, 4) is 0 Å². The molecule has 7 nitrogen and oxygen atoms in total. The van der Waals surface area contributed by atoms with Crippen LogP contribution in [0.15, 0.2) is 0 Å². The van der Waals surface area contributed by atoms with Crippen LogP contribution < -0.4 is 22.1 Å². The van der Waals surface area contributed by atoms with Crippen LogP contribution in [0.3, 0.4) is 0 Å². The van der Waals surface area contributed by atoms with Gasteiger partial charge in [0.15, 0.2) is 5.78 Å². The monoisotopic (exact) mass is 368 g/mol. The van der Waals surface area contributed by atoms with E-state index in [1.54, 1.807) is 13.8 Å². The summed E-state index contributed by atoms with van der Waals surface area (Å²) in [6.45, 7) is 4.24. The van der Waals surface area contributed by atoms with E-state index in [2.05, 4.69) is 10.6 Å². The Kier molecular flexibility index (Phi) is 10.4. The lowest BCUT2D eigenvalue weighted by atomic mass is 9.78.